The van der Waals surface area contributed by atoms with Crippen LogP contribution in [0.25, 0.3) is 0 Å². The van der Waals surface area contributed by atoms with E-state index in [-0.39, 0.29) is 18.7 Å². The molecule has 1 aliphatic heterocycles. The van der Waals surface area contributed by atoms with E-state index in [1.54, 1.807) is 7.05 Å². The Morgan fingerprint density at radius 1 is 1.38 bits per heavy atom. The first-order chi connectivity index (χ1) is 10.1. The van der Waals surface area contributed by atoms with E-state index in [9.17, 15) is 4.79 Å². The van der Waals surface area contributed by atoms with Gasteiger partial charge < -0.3 is 15.3 Å². The number of nitrogens with one attached hydrogen (secondary N) is 1. The zero-order valence-electron chi connectivity index (χ0n) is 12.8. The minimum Gasteiger partial charge on any atom is -0.395 e. The number of rotatable bonds is 5. The van der Waals surface area contributed by atoms with Gasteiger partial charge in [0.05, 0.1) is 6.61 Å². The Kier molecular flexibility index (Phi) is 5.59. The average Bonchev–Trinajstić information content (AvgIpc) is 2.80. The molecule has 0 saturated carbocycles. The molecule has 1 aromatic carbocycles. The van der Waals surface area contributed by atoms with E-state index in [1.165, 1.54) is 10.5 Å². The number of likely N-dealkylation sites (tertiary alicyclic amines) is 1. The van der Waals surface area contributed by atoms with Gasteiger partial charge in [0, 0.05) is 39.3 Å². The SMILES string of the molecule is C[C@H]1CN(Cc2ccccc2)C[C@@H]1NC(=O)N(C)CCO. The number of hydrogen-bond donors (Lipinski definition) is 2. The third-order valence-corrected chi connectivity index (χ3v) is 4.03. The van der Waals surface area contributed by atoms with Crippen LogP contribution in [-0.2, 0) is 6.54 Å². The number of carbonyl (C=O) groups is 1. The maximum Gasteiger partial charge on any atom is 0.317 e. The van der Waals surface area contributed by atoms with Crippen molar-refractivity contribution in [1.82, 2.24) is 15.1 Å². The van der Waals surface area contributed by atoms with E-state index in [0.29, 0.717) is 12.5 Å². The lowest BCUT2D eigenvalue weighted by atomic mass is 10.1. The quantitative estimate of drug-likeness (QED) is 0.855. The lowest BCUT2D eigenvalue weighted by Crippen LogP contribution is -2.46. The summed E-state index contributed by atoms with van der Waals surface area (Å²) >= 11 is 0. The first kappa shape index (κ1) is 15.8. The van der Waals surface area contributed by atoms with E-state index in [1.807, 2.05) is 6.07 Å². The van der Waals surface area contributed by atoms with Crippen molar-refractivity contribution in [1.29, 1.82) is 0 Å². The molecule has 0 bridgehead atoms. The van der Waals surface area contributed by atoms with Crippen molar-refractivity contribution in [3.63, 3.8) is 0 Å². The molecule has 2 N–H and O–H groups in total. The smallest absolute Gasteiger partial charge is 0.317 e. The number of urea groups is 1. The Balaban J connectivity index is 1.85. The summed E-state index contributed by atoms with van der Waals surface area (Å²) < 4.78 is 0. The predicted molar refractivity (Wildman–Crippen MR) is 82.9 cm³/mol. The lowest BCUT2D eigenvalue weighted by Gasteiger charge is -2.22. The van der Waals surface area contributed by atoms with E-state index in [0.717, 1.165) is 19.6 Å². The molecule has 0 aliphatic carbocycles. The molecule has 1 fully saturated rings. The molecule has 21 heavy (non-hydrogen) atoms. The summed E-state index contributed by atoms with van der Waals surface area (Å²) in [5.41, 5.74) is 1.30. The Labute approximate surface area is 126 Å². The molecule has 1 aliphatic rings. The van der Waals surface area contributed by atoms with Crippen LogP contribution >= 0.6 is 0 Å². The van der Waals surface area contributed by atoms with Crippen LogP contribution in [0.15, 0.2) is 30.3 Å². The van der Waals surface area contributed by atoms with E-state index in [2.05, 4.69) is 41.4 Å². The summed E-state index contributed by atoms with van der Waals surface area (Å²) in [4.78, 5) is 15.9. The highest BCUT2D eigenvalue weighted by molar-refractivity contribution is 5.74. The number of amides is 2. The lowest BCUT2D eigenvalue weighted by molar-refractivity contribution is 0.185. The van der Waals surface area contributed by atoms with Gasteiger partial charge in [-0.05, 0) is 11.5 Å². The Morgan fingerprint density at radius 2 is 2.10 bits per heavy atom. The summed E-state index contributed by atoms with van der Waals surface area (Å²) in [6, 6.07) is 10.5. The molecule has 116 valence electrons. The second kappa shape index (κ2) is 7.43. The van der Waals surface area contributed by atoms with Gasteiger partial charge in [-0.3, -0.25) is 4.90 Å². The van der Waals surface area contributed by atoms with Crippen LogP contribution in [0.1, 0.15) is 12.5 Å². The van der Waals surface area contributed by atoms with E-state index >= 15 is 0 Å². The topological polar surface area (TPSA) is 55.8 Å². The Hall–Kier alpha value is -1.59. The monoisotopic (exact) mass is 291 g/mol. The summed E-state index contributed by atoms with van der Waals surface area (Å²) in [6.07, 6.45) is 0. The van der Waals surface area contributed by atoms with Crippen LogP contribution in [0.2, 0.25) is 0 Å². The van der Waals surface area contributed by atoms with Crippen LogP contribution in [-0.4, -0.2) is 60.3 Å². The molecule has 0 spiro atoms. The van der Waals surface area contributed by atoms with Gasteiger partial charge in [-0.25, -0.2) is 4.79 Å². The standard InChI is InChI=1S/C16H25N3O2/c1-13-10-19(11-14-6-4-3-5-7-14)12-15(13)17-16(21)18(2)8-9-20/h3-7,13,15,20H,8-12H2,1-2H3,(H,17,21)/t13-,15-/m0/s1. The fourth-order valence-electron chi connectivity index (χ4n) is 2.75. The number of likely N-dealkylation sites (N-methyl/N-ethyl adjacent to an activating group) is 1. The van der Waals surface area contributed by atoms with E-state index < -0.39 is 0 Å². The van der Waals surface area contributed by atoms with Gasteiger partial charge in [0.1, 0.15) is 0 Å². The minimum atomic E-state index is -0.109. The van der Waals surface area contributed by atoms with Crippen molar-refractivity contribution < 1.29 is 9.90 Å². The van der Waals surface area contributed by atoms with Crippen LogP contribution in [0.5, 0.6) is 0 Å². The highest BCUT2D eigenvalue weighted by atomic mass is 16.3. The third kappa shape index (κ3) is 4.44. The normalized spacial score (nSPS) is 22.2. The Morgan fingerprint density at radius 3 is 2.76 bits per heavy atom. The number of nitrogens with zero attached hydrogens (tertiary/aromatic N) is 2. The van der Waals surface area contributed by atoms with Crippen LogP contribution < -0.4 is 5.32 Å². The Bertz CT molecular complexity index is 452. The van der Waals surface area contributed by atoms with Gasteiger partial charge in [-0.2, -0.15) is 0 Å². The molecule has 5 heteroatoms. The van der Waals surface area contributed by atoms with Gasteiger partial charge in [-0.15, -0.1) is 0 Å². The minimum absolute atomic E-state index is 0.00965. The fraction of sp³-hybridized carbons (Fsp3) is 0.562. The molecule has 1 saturated heterocycles. The molecule has 2 atom stereocenters. The summed E-state index contributed by atoms with van der Waals surface area (Å²) in [6.45, 7) is 5.30. The molecule has 2 rings (SSSR count). The molecule has 1 heterocycles. The second-order valence-electron chi connectivity index (χ2n) is 5.86. The highest BCUT2D eigenvalue weighted by Gasteiger charge is 2.31. The first-order valence-corrected chi connectivity index (χ1v) is 7.49. The maximum atomic E-state index is 12.0. The first-order valence-electron chi connectivity index (χ1n) is 7.49. The predicted octanol–water partition coefficient (Wildman–Crippen LogP) is 1.14. The number of aliphatic hydroxyl groups is 1. The van der Waals surface area contributed by atoms with Gasteiger partial charge in [0.15, 0.2) is 0 Å². The van der Waals surface area contributed by atoms with Crippen molar-refractivity contribution in [2.45, 2.75) is 19.5 Å². The van der Waals surface area contributed by atoms with E-state index in [4.69, 9.17) is 5.11 Å². The van der Waals surface area contributed by atoms with Gasteiger partial charge in [0.25, 0.3) is 0 Å². The van der Waals surface area contributed by atoms with Gasteiger partial charge in [0.2, 0.25) is 0 Å². The summed E-state index contributed by atoms with van der Waals surface area (Å²) in [5.74, 6) is 0.431. The zero-order chi connectivity index (χ0) is 15.2. The van der Waals surface area contributed by atoms with Crippen LogP contribution in [0.4, 0.5) is 4.79 Å². The van der Waals surface area contributed by atoms with Gasteiger partial charge in [-0.1, -0.05) is 37.3 Å². The van der Waals surface area contributed by atoms with Crippen molar-refractivity contribution in [3.8, 4) is 0 Å². The molecular weight excluding hydrogens is 266 g/mol. The van der Waals surface area contributed by atoms with Gasteiger partial charge >= 0.3 is 6.03 Å². The molecule has 1 aromatic rings. The zero-order valence-corrected chi connectivity index (χ0v) is 12.8. The molecular formula is C16H25N3O2. The van der Waals surface area contributed by atoms with Crippen molar-refractivity contribution >= 4 is 6.03 Å². The highest BCUT2D eigenvalue weighted by Crippen LogP contribution is 2.19. The number of carbonyl (C=O) groups excluding carboxylic acids is 1. The number of benzene rings is 1. The van der Waals surface area contributed by atoms with Crippen molar-refractivity contribution in [2.75, 3.05) is 33.3 Å². The number of hydrogen-bond acceptors (Lipinski definition) is 3. The van der Waals surface area contributed by atoms with Crippen molar-refractivity contribution in [2.24, 2.45) is 5.92 Å². The number of aliphatic hydroxyl groups excluding tert-OH is 1. The second-order valence-corrected chi connectivity index (χ2v) is 5.86. The third-order valence-electron chi connectivity index (χ3n) is 4.03. The van der Waals surface area contributed by atoms with Crippen LogP contribution in [0, 0.1) is 5.92 Å². The molecule has 2 amide bonds. The molecule has 0 unspecified atom stereocenters. The summed E-state index contributed by atoms with van der Waals surface area (Å²) in [5, 5.41) is 11.9. The summed E-state index contributed by atoms with van der Waals surface area (Å²) in [7, 11) is 1.70. The average molecular weight is 291 g/mol. The molecule has 0 aromatic heterocycles. The van der Waals surface area contributed by atoms with Crippen molar-refractivity contribution in [3.05, 3.63) is 35.9 Å². The molecule has 5 nitrogen and oxygen atoms in total. The van der Waals surface area contributed by atoms with Crippen LogP contribution in [0.3, 0.4) is 0 Å². The maximum absolute atomic E-state index is 12.0. The molecule has 0 radical (unpaired) electrons. The largest absolute Gasteiger partial charge is 0.395 e. The fourth-order valence-corrected chi connectivity index (χ4v) is 2.75.